The average Bonchev–Trinajstić information content (AvgIpc) is 2.33. The Morgan fingerprint density at radius 2 is 0.947 bits per heavy atom. The van der Waals surface area contributed by atoms with E-state index >= 15 is 0 Å². The molecule has 0 spiro atoms. The standard InChI is InChI=1S/C4H10.C2H8OSi.C2H6O.C2H8Si.H2O2.3H2O/c1-3-4-2;1-2-4-3;2*1-2-3;1-2;;;/h3-4H2,1-2H3;3H,2,4H2,1H3;3H,2H2,1H3;2H2,1,3H3;1-2H;3*1H2. The van der Waals surface area contributed by atoms with Crippen molar-refractivity contribution < 1.29 is 36.8 Å². The van der Waals surface area contributed by atoms with Crippen molar-refractivity contribution in [3.8, 4) is 0 Å². The van der Waals surface area contributed by atoms with Crippen molar-refractivity contribution in [2.24, 2.45) is 0 Å². The second-order valence-electron chi connectivity index (χ2n) is 2.75. The third kappa shape index (κ3) is 1020. The third-order valence-corrected chi connectivity index (χ3v) is 1.17. The molecule has 0 radical (unpaired) electrons. The summed E-state index contributed by atoms with van der Waals surface area (Å²) in [6, 6.07) is 2.40. The van der Waals surface area contributed by atoms with Crippen molar-refractivity contribution in [1.29, 1.82) is 0 Å². The van der Waals surface area contributed by atoms with Gasteiger partial charge >= 0.3 is 0 Å². The fourth-order valence-electron chi connectivity index (χ4n) is 0. The van der Waals surface area contributed by atoms with E-state index < -0.39 is 9.76 Å². The van der Waals surface area contributed by atoms with Gasteiger partial charge in [-0.1, -0.05) is 46.6 Å². The SMILES string of the molecule is CCCC.CCO.CC[SiH2]O.CC[SiH3].O.O.O.OO. The molecule has 7 nitrogen and oxygen atoms in total. The van der Waals surface area contributed by atoms with Crippen molar-refractivity contribution in [2.75, 3.05) is 6.61 Å². The van der Waals surface area contributed by atoms with Crippen LogP contribution in [-0.2, 0) is 0 Å². The van der Waals surface area contributed by atoms with Crippen molar-refractivity contribution >= 4 is 20.0 Å². The van der Waals surface area contributed by atoms with Crippen LogP contribution >= 0.6 is 0 Å². The molecule has 0 bridgehead atoms. The molecule has 0 aliphatic rings. The molecule has 0 aromatic carbocycles. The second-order valence-corrected chi connectivity index (χ2v) is 5.61. The first-order valence-electron chi connectivity index (χ1n) is 6.08. The summed E-state index contributed by atoms with van der Waals surface area (Å²) in [5.74, 6) is 0. The topological polar surface area (TPSA) is 175 Å². The Labute approximate surface area is 123 Å². The third-order valence-electron chi connectivity index (χ3n) is 0.724. The highest BCUT2D eigenvalue weighted by molar-refractivity contribution is 6.24. The molecule has 0 aliphatic carbocycles. The van der Waals surface area contributed by atoms with Crippen LogP contribution in [0.3, 0.4) is 0 Å². The van der Waals surface area contributed by atoms with E-state index in [1.165, 1.54) is 29.1 Å². The van der Waals surface area contributed by atoms with Crippen LogP contribution < -0.4 is 0 Å². The smallest absolute Gasteiger partial charge is 0.156 e. The van der Waals surface area contributed by atoms with Gasteiger partial charge in [-0.15, -0.1) is 0 Å². The summed E-state index contributed by atoms with van der Waals surface area (Å²) in [4.78, 5) is 8.01. The normalized spacial score (nSPS) is 6.16. The summed E-state index contributed by atoms with van der Waals surface area (Å²) in [6.45, 7) is 10.5. The Balaban J connectivity index is -0.0000000130. The Kier molecular flexibility index (Phi) is 377. The van der Waals surface area contributed by atoms with Crippen LogP contribution in [0.1, 0.15) is 47.5 Å². The van der Waals surface area contributed by atoms with Gasteiger partial charge in [-0.3, -0.25) is 10.5 Å². The molecule has 0 fully saturated rings. The number of aliphatic hydroxyl groups excluding tert-OH is 1. The molecule has 0 saturated carbocycles. The highest BCUT2D eigenvalue weighted by Gasteiger charge is 1.60. The number of aliphatic hydroxyl groups is 1. The second kappa shape index (κ2) is 141. The molecule has 130 valence electrons. The Morgan fingerprint density at radius 3 is 0.947 bits per heavy atom. The van der Waals surface area contributed by atoms with E-state index in [1.807, 2.05) is 6.92 Å². The average molecular weight is 329 g/mol. The van der Waals surface area contributed by atoms with Crippen molar-refractivity contribution in [3.63, 3.8) is 0 Å². The largest absolute Gasteiger partial charge is 0.438 e. The van der Waals surface area contributed by atoms with Gasteiger partial charge in [0.05, 0.1) is 0 Å². The predicted molar refractivity (Wildman–Crippen MR) is 91.1 cm³/mol. The maximum absolute atomic E-state index is 8.01. The minimum atomic E-state index is -0.576. The van der Waals surface area contributed by atoms with Crippen LogP contribution in [0, 0.1) is 0 Å². The molecule has 19 heavy (non-hydrogen) atoms. The summed E-state index contributed by atoms with van der Waals surface area (Å²) in [7, 11) is 0.793. The van der Waals surface area contributed by atoms with E-state index in [-0.39, 0.29) is 23.0 Å². The zero-order valence-corrected chi connectivity index (χ0v) is 16.9. The molecule has 0 aromatic heterocycles. The quantitative estimate of drug-likeness (QED) is 0.278. The molecule has 0 rings (SSSR count). The Hall–Kier alpha value is 0.154. The van der Waals surface area contributed by atoms with Gasteiger partial charge in [-0.25, -0.2) is 0 Å². The zero-order valence-electron chi connectivity index (χ0n) is 13.5. The molecule has 0 amide bonds. The van der Waals surface area contributed by atoms with E-state index in [1.54, 1.807) is 6.92 Å². The van der Waals surface area contributed by atoms with E-state index in [9.17, 15) is 0 Å². The minimum Gasteiger partial charge on any atom is -0.438 e. The van der Waals surface area contributed by atoms with E-state index in [2.05, 4.69) is 20.8 Å². The fraction of sp³-hybridized carbons (Fsp3) is 1.00. The molecule has 0 atom stereocenters. The molecular weight excluding hydrogens is 288 g/mol. The van der Waals surface area contributed by atoms with E-state index in [0.29, 0.717) is 0 Å². The van der Waals surface area contributed by atoms with Crippen LogP contribution in [0.2, 0.25) is 12.1 Å². The molecule has 0 heterocycles. The van der Waals surface area contributed by atoms with Gasteiger partial charge in [0.2, 0.25) is 0 Å². The summed E-state index contributed by atoms with van der Waals surface area (Å²) in [6.07, 6.45) is 2.64. The summed E-state index contributed by atoms with van der Waals surface area (Å²) >= 11 is 0. The van der Waals surface area contributed by atoms with Crippen molar-refractivity contribution in [3.05, 3.63) is 0 Å². The lowest BCUT2D eigenvalue weighted by molar-refractivity contribution is -0.176. The molecule has 10 N–H and O–H groups in total. The number of rotatable bonds is 2. The fourth-order valence-corrected chi connectivity index (χ4v) is 0. The lowest BCUT2D eigenvalue weighted by atomic mass is 10.4. The van der Waals surface area contributed by atoms with E-state index in [4.69, 9.17) is 20.4 Å². The first-order chi connectivity index (χ1) is 7.66. The Morgan fingerprint density at radius 1 is 0.842 bits per heavy atom. The van der Waals surface area contributed by atoms with Gasteiger partial charge < -0.3 is 26.3 Å². The predicted octanol–water partition coefficient (Wildman–Crippen LogP) is -1.36. The van der Waals surface area contributed by atoms with Crippen molar-refractivity contribution in [2.45, 2.75) is 59.5 Å². The number of unbranched alkanes of at least 4 members (excludes halogenated alkanes) is 1. The zero-order chi connectivity index (χ0) is 14.2. The lowest BCUT2D eigenvalue weighted by Gasteiger charge is -1.68. The van der Waals surface area contributed by atoms with Crippen LogP contribution in [0.15, 0.2) is 0 Å². The number of hydrogen-bond donors (Lipinski definition) is 4. The van der Waals surface area contributed by atoms with Gasteiger partial charge in [-0.2, -0.15) is 0 Å². The number of hydrogen-bond acceptors (Lipinski definition) is 4. The van der Waals surface area contributed by atoms with Crippen molar-refractivity contribution in [1.82, 2.24) is 0 Å². The van der Waals surface area contributed by atoms with Gasteiger partial charge in [-0.05, 0) is 13.0 Å². The minimum absolute atomic E-state index is 0. The van der Waals surface area contributed by atoms with Gasteiger partial charge in [0, 0.05) is 16.8 Å². The summed E-state index contributed by atoms with van der Waals surface area (Å²) in [5, 5.41) is 19.6. The Bertz CT molecular complexity index is 46.9. The molecule has 9 heteroatoms. The molecule has 0 unspecified atom stereocenters. The summed E-state index contributed by atoms with van der Waals surface area (Å²) in [5.41, 5.74) is 0. The first kappa shape index (κ1) is 50.7. The molecular formula is C10H40O7Si2. The summed E-state index contributed by atoms with van der Waals surface area (Å²) < 4.78 is 0. The van der Waals surface area contributed by atoms with Gasteiger partial charge in [0.1, 0.15) is 0 Å². The maximum Gasteiger partial charge on any atom is 0.156 e. The monoisotopic (exact) mass is 328 g/mol. The highest BCUT2D eigenvalue weighted by Crippen LogP contribution is 1.76. The maximum atomic E-state index is 8.01. The molecule has 0 aromatic rings. The lowest BCUT2D eigenvalue weighted by Crippen LogP contribution is -1.75. The van der Waals surface area contributed by atoms with Crippen LogP contribution in [-0.4, -0.2) is 63.5 Å². The van der Waals surface area contributed by atoms with Gasteiger partial charge in [0.15, 0.2) is 9.76 Å². The first-order valence-corrected chi connectivity index (χ1v) is 9.12. The molecule has 0 saturated heterocycles. The highest BCUT2D eigenvalue weighted by atomic mass is 28.2. The van der Waals surface area contributed by atoms with E-state index in [0.717, 1.165) is 6.04 Å². The van der Waals surface area contributed by atoms with Crippen LogP contribution in [0.25, 0.3) is 0 Å². The van der Waals surface area contributed by atoms with Gasteiger partial charge in [0.25, 0.3) is 0 Å². The molecule has 0 aliphatic heterocycles. The van der Waals surface area contributed by atoms with Crippen LogP contribution in [0.5, 0.6) is 0 Å². The van der Waals surface area contributed by atoms with Crippen LogP contribution in [0.4, 0.5) is 0 Å².